The number of nitrogens with one attached hydrogen (secondary N) is 1. The molecular formula is C11H15N3O5S. The first-order chi connectivity index (χ1) is 9.36. The van der Waals surface area contributed by atoms with Gasteiger partial charge in [0.2, 0.25) is 0 Å². The molecular weight excluding hydrogens is 286 g/mol. The lowest BCUT2D eigenvalue weighted by Crippen LogP contribution is -2.48. The van der Waals surface area contributed by atoms with Crippen LogP contribution in [0.4, 0.5) is 9.59 Å². The van der Waals surface area contributed by atoms with Crippen LogP contribution in [0, 0.1) is 0 Å². The Hall–Kier alpha value is -2.29. The Bertz CT molecular complexity index is 614. The number of benzene rings is 1. The molecule has 0 bridgehead atoms. The summed E-state index contributed by atoms with van der Waals surface area (Å²) in [5.41, 5.74) is 4.97. The average molecular weight is 301 g/mol. The van der Waals surface area contributed by atoms with Gasteiger partial charge >= 0.3 is 12.1 Å². The first-order valence-corrected chi connectivity index (χ1v) is 7.08. The number of rotatable bonds is 4. The zero-order chi connectivity index (χ0) is 15.3. The summed E-state index contributed by atoms with van der Waals surface area (Å²) < 4.78 is 29.8. The van der Waals surface area contributed by atoms with Gasteiger partial charge in [-0.1, -0.05) is 12.1 Å². The smallest absolute Gasteiger partial charge is 0.339 e. The Morgan fingerprint density at radius 3 is 2.45 bits per heavy atom. The van der Waals surface area contributed by atoms with Crippen LogP contribution < -0.4 is 15.8 Å². The molecule has 0 aliphatic carbocycles. The zero-order valence-corrected chi connectivity index (χ0v) is 11.8. The molecule has 0 atom stereocenters. The van der Waals surface area contributed by atoms with Crippen LogP contribution in [0.25, 0.3) is 0 Å². The first kappa shape index (κ1) is 15.8. The molecule has 9 heteroatoms. The minimum Gasteiger partial charge on any atom is -0.492 e. The van der Waals surface area contributed by atoms with E-state index in [1.165, 1.54) is 25.2 Å². The van der Waals surface area contributed by atoms with Gasteiger partial charge in [-0.15, -0.1) is 4.31 Å². The standard InChI is InChI=1S/C11H15N3O5S/c1-3-19-8-6-4-5-7-9(8)20(17,18)14(10(12)15)11(16)13-2/h4-7H,3H2,1-2H3,(H2,12,15)(H,13,16). The van der Waals surface area contributed by atoms with E-state index >= 15 is 0 Å². The Labute approximate surface area is 116 Å². The molecule has 0 spiro atoms. The van der Waals surface area contributed by atoms with E-state index in [0.29, 0.717) is 0 Å². The SMILES string of the molecule is CCOc1ccccc1S(=O)(=O)N(C(N)=O)C(=O)NC. The monoisotopic (exact) mass is 301 g/mol. The molecule has 0 fully saturated rings. The maximum absolute atomic E-state index is 12.4. The summed E-state index contributed by atoms with van der Waals surface area (Å²) >= 11 is 0. The molecule has 0 saturated carbocycles. The van der Waals surface area contributed by atoms with Crippen molar-refractivity contribution < 1.29 is 22.7 Å². The fraction of sp³-hybridized carbons (Fsp3) is 0.273. The average Bonchev–Trinajstić information content (AvgIpc) is 2.38. The summed E-state index contributed by atoms with van der Waals surface area (Å²) in [4.78, 5) is 22.5. The third kappa shape index (κ3) is 2.99. The van der Waals surface area contributed by atoms with Crippen LogP contribution in [-0.4, -0.2) is 38.4 Å². The number of nitrogens with zero attached hydrogens (tertiary/aromatic N) is 1. The number of hydrogen-bond acceptors (Lipinski definition) is 5. The summed E-state index contributed by atoms with van der Waals surface area (Å²) in [6, 6.07) is 3.09. The number of para-hydroxylation sites is 1. The summed E-state index contributed by atoms with van der Waals surface area (Å²) in [5.74, 6) is 0.0325. The van der Waals surface area contributed by atoms with Crippen LogP contribution >= 0.6 is 0 Å². The number of urea groups is 2. The van der Waals surface area contributed by atoms with Gasteiger partial charge in [-0.25, -0.2) is 18.0 Å². The molecule has 4 amide bonds. The normalized spacial score (nSPS) is 10.7. The van der Waals surface area contributed by atoms with Gasteiger partial charge in [-0.05, 0) is 19.1 Å². The molecule has 1 aromatic carbocycles. The minimum absolute atomic E-state index is 0.0325. The maximum atomic E-state index is 12.4. The molecule has 3 N–H and O–H groups in total. The van der Waals surface area contributed by atoms with E-state index in [-0.39, 0.29) is 21.6 Å². The van der Waals surface area contributed by atoms with Crippen molar-refractivity contribution in [3.05, 3.63) is 24.3 Å². The van der Waals surface area contributed by atoms with Gasteiger partial charge in [0.15, 0.2) is 0 Å². The first-order valence-electron chi connectivity index (χ1n) is 5.64. The number of carbonyl (C=O) groups is 2. The number of sulfonamides is 1. The van der Waals surface area contributed by atoms with E-state index in [1.54, 1.807) is 13.0 Å². The number of carbonyl (C=O) groups excluding carboxylic acids is 2. The van der Waals surface area contributed by atoms with E-state index in [9.17, 15) is 18.0 Å². The summed E-state index contributed by atoms with van der Waals surface area (Å²) in [6.07, 6.45) is 0. The summed E-state index contributed by atoms with van der Waals surface area (Å²) in [5, 5.41) is 2.04. The molecule has 0 saturated heterocycles. The predicted molar refractivity (Wildman–Crippen MR) is 70.7 cm³/mol. The number of primary amides is 1. The van der Waals surface area contributed by atoms with Crippen LogP contribution in [-0.2, 0) is 10.0 Å². The minimum atomic E-state index is -4.44. The van der Waals surface area contributed by atoms with Crippen molar-refractivity contribution in [1.82, 2.24) is 9.62 Å². The Kier molecular flexibility index (Phi) is 4.92. The van der Waals surface area contributed by atoms with Crippen molar-refractivity contribution in [1.29, 1.82) is 0 Å². The third-order valence-corrected chi connectivity index (χ3v) is 3.99. The van der Waals surface area contributed by atoms with E-state index in [4.69, 9.17) is 10.5 Å². The van der Waals surface area contributed by atoms with Crippen LogP contribution in [0.15, 0.2) is 29.2 Å². The number of amides is 4. The quantitative estimate of drug-likeness (QED) is 0.839. The molecule has 8 nitrogen and oxygen atoms in total. The van der Waals surface area contributed by atoms with Crippen molar-refractivity contribution in [3.63, 3.8) is 0 Å². The molecule has 20 heavy (non-hydrogen) atoms. The highest BCUT2D eigenvalue weighted by Gasteiger charge is 2.35. The van der Waals surface area contributed by atoms with Gasteiger partial charge in [0.1, 0.15) is 10.6 Å². The molecule has 0 unspecified atom stereocenters. The predicted octanol–water partition coefficient (Wildman–Crippen LogP) is 0.494. The second-order valence-electron chi connectivity index (χ2n) is 3.54. The van der Waals surface area contributed by atoms with Crippen LogP contribution in [0.2, 0.25) is 0 Å². The van der Waals surface area contributed by atoms with Gasteiger partial charge in [-0.2, -0.15) is 0 Å². The van der Waals surface area contributed by atoms with Crippen molar-refractivity contribution in [3.8, 4) is 5.75 Å². The lowest BCUT2D eigenvalue weighted by molar-refractivity contribution is 0.213. The fourth-order valence-electron chi connectivity index (χ4n) is 1.47. The van der Waals surface area contributed by atoms with E-state index in [0.717, 1.165) is 0 Å². The van der Waals surface area contributed by atoms with Gasteiger partial charge in [0, 0.05) is 7.05 Å². The summed E-state index contributed by atoms with van der Waals surface area (Å²) in [6.45, 7) is 1.90. The molecule has 0 aromatic heterocycles. The molecule has 1 rings (SSSR count). The highest BCUT2D eigenvalue weighted by molar-refractivity contribution is 7.90. The molecule has 110 valence electrons. The lowest BCUT2D eigenvalue weighted by Gasteiger charge is -2.19. The number of nitrogens with two attached hydrogens (primary N) is 1. The largest absolute Gasteiger partial charge is 0.492 e. The molecule has 0 aliphatic heterocycles. The van der Waals surface area contributed by atoms with Crippen molar-refractivity contribution >= 4 is 22.1 Å². The zero-order valence-electron chi connectivity index (χ0n) is 11.0. The Morgan fingerprint density at radius 2 is 1.95 bits per heavy atom. The van der Waals surface area contributed by atoms with Crippen LogP contribution in [0.1, 0.15) is 6.92 Å². The molecule has 0 radical (unpaired) electrons. The highest BCUT2D eigenvalue weighted by atomic mass is 32.2. The number of ether oxygens (including phenoxy) is 1. The Morgan fingerprint density at radius 1 is 1.35 bits per heavy atom. The van der Waals surface area contributed by atoms with Gasteiger partial charge in [0.05, 0.1) is 6.61 Å². The van der Waals surface area contributed by atoms with Crippen LogP contribution in [0.3, 0.4) is 0 Å². The maximum Gasteiger partial charge on any atom is 0.339 e. The van der Waals surface area contributed by atoms with Crippen molar-refractivity contribution in [2.75, 3.05) is 13.7 Å². The van der Waals surface area contributed by atoms with Gasteiger partial charge in [-0.3, -0.25) is 0 Å². The summed E-state index contributed by atoms with van der Waals surface area (Å²) in [7, 11) is -3.26. The second-order valence-corrected chi connectivity index (χ2v) is 5.30. The molecule has 1 aromatic rings. The third-order valence-electron chi connectivity index (χ3n) is 2.27. The number of imide groups is 1. The lowest BCUT2D eigenvalue weighted by atomic mass is 10.3. The second kappa shape index (κ2) is 6.24. The van der Waals surface area contributed by atoms with Gasteiger partial charge < -0.3 is 15.8 Å². The van der Waals surface area contributed by atoms with Gasteiger partial charge in [0.25, 0.3) is 10.0 Å². The molecule has 0 aliphatic rings. The number of hydrogen-bond donors (Lipinski definition) is 2. The van der Waals surface area contributed by atoms with E-state index in [2.05, 4.69) is 0 Å². The van der Waals surface area contributed by atoms with Crippen LogP contribution in [0.5, 0.6) is 5.75 Å². The topological polar surface area (TPSA) is 119 Å². The highest BCUT2D eigenvalue weighted by Crippen LogP contribution is 2.26. The van der Waals surface area contributed by atoms with Crippen molar-refractivity contribution in [2.45, 2.75) is 11.8 Å². The van der Waals surface area contributed by atoms with E-state index < -0.39 is 22.1 Å². The Balaban J connectivity index is 3.41. The fourth-order valence-corrected chi connectivity index (χ4v) is 2.84. The molecule has 0 heterocycles. The van der Waals surface area contributed by atoms with Crippen molar-refractivity contribution in [2.24, 2.45) is 5.73 Å². The van der Waals surface area contributed by atoms with E-state index in [1.807, 2.05) is 5.32 Å².